The van der Waals surface area contributed by atoms with Crippen LogP contribution in [0.25, 0.3) is 0 Å². The lowest BCUT2D eigenvalue weighted by Crippen LogP contribution is -2.10. The lowest BCUT2D eigenvalue weighted by molar-refractivity contribution is 0.868. The summed E-state index contributed by atoms with van der Waals surface area (Å²) in [6, 6.07) is 8.38. The minimum Gasteiger partial charge on any atom is -0.369 e. The molecule has 0 saturated carbocycles. The van der Waals surface area contributed by atoms with Crippen LogP contribution in [0.4, 0.5) is 11.6 Å². The fourth-order valence-corrected chi connectivity index (χ4v) is 2.78. The maximum absolute atomic E-state index is 4.31. The van der Waals surface area contributed by atoms with E-state index in [9.17, 15) is 0 Å². The van der Waals surface area contributed by atoms with Crippen LogP contribution in [-0.4, -0.2) is 16.5 Å². The molecule has 1 aromatic carbocycles. The van der Waals surface area contributed by atoms with Crippen LogP contribution in [0.15, 0.2) is 39.5 Å². The van der Waals surface area contributed by atoms with Crippen molar-refractivity contribution in [2.45, 2.75) is 26.3 Å². The second-order valence-corrected chi connectivity index (χ2v) is 6.44. The Morgan fingerprint density at radius 1 is 1.19 bits per heavy atom. The Balaban J connectivity index is 2.15. The van der Waals surface area contributed by atoms with E-state index in [4.69, 9.17) is 0 Å². The number of anilines is 2. The van der Waals surface area contributed by atoms with Gasteiger partial charge in [-0.3, -0.25) is 0 Å². The highest BCUT2D eigenvalue weighted by Crippen LogP contribution is 2.29. The molecule has 2 rings (SSSR count). The van der Waals surface area contributed by atoms with Crippen molar-refractivity contribution < 1.29 is 0 Å². The van der Waals surface area contributed by atoms with E-state index in [0.717, 1.165) is 33.5 Å². The highest BCUT2D eigenvalue weighted by atomic mass is 79.9. The minimum atomic E-state index is 0.146. The molecule has 0 fully saturated rings. The van der Waals surface area contributed by atoms with Crippen LogP contribution in [0.5, 0.6) is 0 Å². The summed E-state index contributed by atoms with van der Waals surface area (Å²) >= 11 is 7.07. The summed E-state index contributed by atoms with van der Waals surface area (Å²) in [7, 11) is 0. The first-order valence-corrected chi connectivity index (χ1v) is 8.46. The minimum absolute atomic E-state index is 0.146. The topological polar surface area (TPSA) is 49.8 Å². The first kappa shape index (κ1) is 16.2. The number of benzene rings is 1. The molecule has 0 spiro atoms. The predicted octanol–water partition coefficient (Wildman–Crippen LogP) is 5.00. The fraction of sp³-hybridized carbons (Fsp3) is 0.333. The lowest BCUT2D eigenvalue weighted by atomic mass is 10.1. The van der Waals surface area contributed by atoms with E-state index < -0.39 is 0 Å². The quantitative estimate of drug-likeness (QED) is 0.699. The summed E-state index contributed by atoms with van der Waals surface area (Å²) in [6.07, 6.45) is 2.62. The van der Waals surface area contributed by atoms with Gasteiger partial charge in [0.1, 0.15) is 22.4 Å². The number of hydrogen-bond donors (Lipinski definition) is 2. The Labute approximate surface area is 142 Å². The van der Waals surface area contributed by atoms with Crippen LogP contribution >= 0.6 is 31.9 Å². The first-order chi connectivity index (χ1) is 10.1. The molecular formula is C15H18Br2N4. The second kappa shape index (κ2) is 7.75. The second-order valence-electron chi connectivity index (χ2n) is 4.73. The Bertz CT molecular complexity index is 604. The van der Waals surface area contributed by atoms with Crippen LogP contribution in [-0.2, 0) is 0 Å². The van der Waals surface area contributed by atoms with Gasteiger partial charge >= 0.3 is 0 Å². The highest BCUT2D eigenvalue weighted by molar-refractivity contribution is 9.11. The summed E-state index contributed by atoms with van der Waals surface area (Å²) < 4.78 is 1.93. The molecule has 0 radical (unpaired) electrons. The van der Waals surface area contributed by atoms with Gasteiger partial charge in [0.25, 0.3) is 0 Å². The van der Waals surface area contributed by atoms with E-state index in [1.54, 1.807) is 6.33 Å². The van der Waals surface area contributed by atoms with Crippen LogP contribution < -0.4 is 10.6 Å². The molecule has 1 aromatic heterocycles. The molecule has 6 heteroatoms. The van der Waals surface area contributed by atoms with Gasteiger partial charge in [0, 0.05) is 11.0 Å². The molecular weight excluding hydrogens is 396 g/mol. The summed E-state index contributed by atoms with van der Waals surface area (Å²) in [5.74, 6) is 1.60. The van der Waals surface area contributed by atoms with E-state index in [-0.39, 0.29) is 6.04 Å². The third-order valence-electron chi connectivity index (χ3n) is 3.03. The number of aromatic nitrogens is 2. The monoisotopic (exact) mass is 412 g/mol. The molecule has 0 amide bonds. The van der Waals surface area contributed by atoms with Crippen molar-refractivity contribution in [1.29, 1.82) is 0 Å². The van der Waals surface area contributed by atoms with Gasteiger partial charge in [-0.15, -0.1) is 0 Å². The summed E-state index contributed by atoms with van der Waals surface area (Å²) in [5, 5.41) is 6.69. The zero-order valence-corrected chi connectivity index (χ0v) is 15.2. The number of halogens is 2. The lowest BCUT2D eigenvalue weighted by Gasteiger charge is -2.17. The zero-order chi connectivity index (χ0) is 15.2. The smallest absolute Gasteiger partial charge is 0.146 e. The summed E-state index contributed by atoms with van der Waals surface area (Å²) in [4.78, 5) is 8.57. The van der Waals surface area contributed by atoms with Gasteiger partial charge in [0.2, 0.25) is 0 Å². The Hall–Kier alpha value is -1.14. The molecule has 112 valence electrons. The first-order valence-electron chi connectivity index (χ1n) is 6.88. The van der Waals surface area contributed by atoms with E-state index in [0.29, 0.717) is 0 Å². The van der Waals surface area contributed by atoms with Crippen LogP contribution in [0.3, 0.4) is 0 Å². The normalized spacial score (nSPS) is 12.0. The van der Waals surface area contributed by atoms with E-state index >= 15 is 0 Å². The van der Waals surface area contributed by atoms with Crippen LogP contribution in [0, 0.1) is 0 Å². The molecule has 21 heavy (non-hydrogen) atoms. The molecule has 0 saturated heterocycles. The third kappa shape index (κ3) is 4.41. The average molecular weight is 414 g/mol. The molecule has 0 aliphatic carbocycles. The Morgan fingerprint density at radius 2 is 1.95 bits per heavy atom. The van der Waals surface area contributed by atoms with Crippen molar-refractivity contribution in [2.75, 3.05) is 17.2 Å². The van der Waals surface area contributed by atoms with E-state index in [1.165, 1.54) is 5.56 Å². The molecule has 1 atom stereocenters. The fourth-order valence-electron chi connectivity index (χ4n) is 1.90. The van der Waals surface area contributed by atoms with Crippen molar-refractivity contribution >= 4 is 43.5 Å². The number of nitrogens with one attached hydrogen (secondary N) is 2. The van der Waals surface area contributed by atoms with Gasteiger partial charge in [-0.05, 0) is 47.0 Å². The molecule has 0 aliphatic rings. The molecule has 0 aliphatic heterocycles. The Morgan fingerprint density at radius 3 is 2.67 bits per heavy atom. The molecule has 1 heterocycles. The molecule has 1 unspecified atom stereocenters. The summed E-state index contributed by atoms with van der Waals surface area (Å²) in [6.45, 7) is 5.11. The van der Waals surface area contributed by atoms with Crippen molar-refractivity contribution in [3.05, 3.63) is 45.1 Å². The van der Waals surface area contributed by atoms with Crippen molar-refractivity contribution in [3.63, 3.8) is 0 Å². The molecule has 0 bridgehead atoms. The maximum atomic E-state index is 4.31. The van der Waals surface area contributed by atoms with Gasteiger partial charge in [0.15, 0.2) is 0 Å². The molecule has 4 nitrogen and oxygen atoms in total. The number of rotatable bonds is 6. The van der Waals surface area contributed by atoms with Gasteiger partial charge in [-0.25, -0.2) is 9.97 Å². The molecule has 2 aromatic rings. The maximum Gasteiger partial charge on any atom is 0.146 e. The van der Waals surface area contributed by atoms with E-state index in [2.05, 4.69) is 78.4 Å². The standard InChI is InChI=1S/C15H18Br2N4/c1-3-7-18-14-13(17)15(20-9-19-14)21-10(2)11-5-4-6-12(16)8-11/h4-6,8-10H,3,7H2,1-2H3,(H2,18,19,20,21). The van der Waals surface area contributed by atoms with Crippen LogP contribution in [0.1, 0.15) is 31.9 Å². The largest absolute Gasteiger partial charge is 0.369 e. The Kier molecular flexibility index (Phi) is 5.99. The summed E-state index contributed by atoms with van der Waals surface area (Å²) in [5.41, 5.74) is 1.19. The van der Waals surface area contributed by atoms with Crippen LogP contribution in [0.2, 0.25) is 0 Å². The third-order valence-corrected chi connectivity index (χ3v) is 4.28. The van der Waals surface area contributed by atoms with Gasteiger partial charge in [0.05, 0.1) is 6.04 Å². The van der Waals surface area contributed by atoms with E-state index in [1.807, 2.05) is 12.1 Å². The number of nitrogens with zero attached hydrogens (tertiary/aromatic N) is 2. The van der Waals surface area contributed by atoms with Gasteiger partial charge in [-0.1, -0.05) is 35.0 Å². The molecule has 2 N–H and O–H groups in total. The number of hydrogen-bond acceptors (Lipinski definition) is 4. The van der Waals surface area contributed by atoms with Crippen molar-refractivity contribution in [2.24, 2.45) is 0 Å². The predicted molar refractivity (Wildman–Crippen MR) is 94.7 cm³/mol. The SMILES string of the molecule is CCCNc1ncnc(NC(C)c2cccc(Br)c2)c1Br. The highest BCUT2D eigenvalue weighted by Gasteiger charge is 2.12. The average Bonchev–Trinajstić information content (AvgIpc) is 2.48. The van der Waals surface area contributed by atoms with Crippen molar-refractivity contribution in [1.82, 2.24) is 9.97 Å². The van der Waals surface area contributed by atoms with Crippen molar-refractivity contribution in [3.8, 4) is 0 Å². The van der Waals surface area contributed by atoms with Gasteiger partial charge < -0.3 is 10.6 Å². The van der Waals surface area contributed by atoms with Gasteiger partial charge in [-0.2, -0.15) is 0 Å². The zero-order valence-electron chi connectivity index (χ0n) is 12.0.